The van der Waals surface area contributed by atoms with Gasteiger partial charge in [-0.25, -0.2) is 8.42 Å². The summed E-state index contributed by atoms with van der Waals surface area (Å²) in [6.07, 6.45) is 2.68. The minimum absolute atomic E-state index is 0.0349. The number of nitrogens with zero attached hydrogens (tertiary/aromatic N) is 3. The average Bonchev–Trinajstić information content (AvgIpc) is 2.84. The molecule has 1 aliphatic heterocycles. The van der Waals surface area contributed by atoms with Crippen molar-refractivity contribution in [1.82, 2.24) is 14.2 Å². The second-order valence-electron chi connectivity index (χ2n) is 8.89. The van der Waals surface area contributed by atoms with Crippen LogP contribution in [0.4, 0.5) is 0 Å². The lowest BCUT2D eigenvalue weighted by Gasteiger charge is -2.32. The van der Waals surface area contributed by atoms with Gasteiger partial charge in [-0.1, -0.05) is 30.3 Å². The molecule has 1 amide bonds. The Bertz CT molecular complexity index is 1280. The average molecular weight is 482 g/mol. The Morgan fingerprint density at radius 3 is 2.59 bits per heavy atom. The number of amides is 1. The zero-order chi connectivity index (χ0) is 24.3. The van der Waals surface area contributed by atoms with Gasteiger partial charge in [-0.05, 0) is 56.0 Å². The number of pyridine rings is 1. The van der Waals surface area contributed by atoms with E-state index in [2.05, 4.69) is 4.98 Å². The zero-order valence-corrected chi connectivity index (χ0v) is 20.7. The number of hydrogen-bond acceptors (Lipinski definition) is 5. The molecule has 0 radical (unpaired) electrons. The fraction of sp³-hybridized carbons (Fsp3) is 0.385. The molecule has 0 bridgehead atoms. The molecule has 2 aromatic carbocycles. The van der Waals surface area contributed by atoms with Crippen LogP contribution in [0.15, 0.2) is 59.6 Å². The summed E-state index contributed by atoms with van der Waals surface area (Å²) in [5, 5.41) is 0.806. The number of carbonyl (C=O) groups excluding carboxylic acids is 1. The van der Waals surface area contributed by atoms with Gasteiger partial charge in [0.25, 0.3) is 0 Å². The van der Waals surface area contributed by atoms with Crippen molar-refractivity contribution >= 4 is 26.8 Å². The molecule has 7 nitrogen and oxygen atoms in total. The van der Waals surface area contributed by atoms with Gasteiger partial charge in [0.1, 0.15) is 17.3 Å². The molecular formula is C26H31N3O4S. The van der Waals surface area contributed by atoms with E-state index in [0.29, 0.717) is 44.6 Å². The largest absolute Gasteiger partial charge is 0.491 e. The molecule has 4 rings (SSSR count). The summed E-state index contributed by atoms with van der Waals surface area (Å²) >= 11 is 0. The zero-order valence-electron chi connectivity index (χ0n) is 19.9. The highest BCUT2D eigenvalue weighted by Gasteiger charge is 2.34. The van der Waals surface area contributed by atoms with Crippen molar-refractivity contribution in [2.45, 2.75) is 31.6 Å². The molecule has 1 aromatic heterocycles. The van der Waals surface area contributed by atoms with Crippen LogP contribution in [0.5, 0.6) is 5.75 Å². The van der Waals surface area contributed by atoms with E-state index in [-0.39, 0.29) is 16.7 Å². The lowest BCUT2D eigenvalue weighted by molar-refractivity contribution is -0.135. The first-order valence-electron chi connectivity index (χ1n) is 11.6. The maximum atomic E-state index is 13.4. The molecule has 0 aliphatic carbocycles. The summed E-state index contributed by atoms with van der Waals surface area (Å²) in [5.74, 6) is 0.663. The van der Waals surface area contributed by atoms with Gasteiger partial charge < -0.3 is 9.64 Å². The molecule has 8 heteroatoms. The molecule has 0 unspecified atom stereocenters. The molecule has 1 fully saturated rings. The van der Waals surface area contributed by atoms with Crippen molar-refractivity contribution in [3.05, 3.63) is 65.9 Å². The lowest BCUT2D eigenvalue weighted by atomic mass is 9.97. The van der Waals surface area contributed by atoms with Crippen molar-refractivity contribution in [3.8, 4) is 5.75 Å². The Morgan fingerprint density at radius 2 is 1.85 bits per heavy atom. The van der Waals surface area contributed by atoms with Crippen LogP contribution in [-0.4, -0.2) is 61.8 Å². The number of aromatic nitrogens is 1. The molecule has 3 aromatic rings. The molecule has 0 spiro atoms. The topological polar surface area (TPSA) is 79.8 Å². The summed E-state index contributed by atoms with van der Waals surface area (Å²) in [7, 11) is -1.92. The van der Waals surface area contributed by atoms with Crippen LogP contribution >= 0.6 is 0 Å². The van der Waals surface area contributed by atoms with Crippen LogP contribution in [0.3, 0.4) is 0 Å². The first-order valence-corrected chi connectivity index (χ1v) is 13.0. The Labute approximate surface area is 201 Å². The minimum Gasteiger partial charge on any atom is -0.491 e. The second kappa shape index (κ2) is 10.1. The van der Waals surface area contributed by atoms with Gasteiger partial charge in [0, 0.05) is 37.6 Å². The van der Waals surface area contributed by atoms with Gasteiger partial charge in [-0.3, -0.25) is 9.78 Å². The molecule has 1 saturated heterocycles. The number of fused-ring (bicyclic) bond motifs is 1. The van der Waals surface area contributed by atoms with Crippen LogP contribution in [0.1, 0.15) is 24.0 Å². The summed E-state index contributed by atoms with van der Waals surface area (Å²) in [6, 6.07) is 15.0. The third-order valence-electron chi connectivity index (χ3n) is 6.39. The number of ether oxygens (including phenoxy) is 1. The van der Waals surface area contributed by atoms with Crippen molar-refractivity contribution in [1.29, 1.82) is 0 Å². The second-order valence-corrected chi connectivity index (χ2v) is 10.8. The molecular weight excluding hydrogens is 450 g/mol. The number of rotatable bonds is 7. The van der Waals surface area contributed by atoms with Crippen LogP contribution in [0.2, 0.25) is 0 Å². The Kier molecular flexibility index (Phi) is 7.19. The number of sulfonamides is 1. The van der Waals surface area contributed by atoms with Gasteiger partial charge in [0.05, 0.1) is 12.1 Å². The van der Waals surface area contributed by atoms with Gasteiger partial charge in [0.15, 0.2) is 0 Å². The predicted molar refractivity (Wildman–Crippen MR) is 132 cm³/mol. The van der Waals surface area contributed by atoms with E-state index in [0.717, 1.165) is 22.3 Å². The third kappa shape index (κ3) is 5.08. The predicted octanol–water partition coefficient (Wildman–Crippen LogP) is 3.79. The van der Waals surface area contributed by atoms with Crippen molar-refractivity contribution in [2.24, 2.45) is 5.92 Å². The standard InChI is InChI=1S/C26H31N3O4S/c1-19-17-22-8-6-10-24(25(22)27-18-19)34(31,32)29-13-11-21(12-14-29)26(30)28(3)15-16-33-23-9-5-4-7-20(23)2/h4-10,17-18,21H,11-16H2,1-3H3. The summed E-state index contributed by atoms with van der Waals surface area (Å²) in [5.41, 5.74) is 2.52. The van der Waals surface area contributed by atoms with Crippen LogP contribution < -0.4 is 4.74 Å². The van der Waals surface area contributed by atoms with E-state index in [1.807, 2.05) is 50.2 Å². The number of hydrogen-bond donors (Lipinski definition) is 0. The monoisotopic (exact) mass is 481 g/mol. The number of para-hydroxylation sites is 2. The van der Waals surface area contributed by atoms with Crippen LogP contribution in [0, 0.1) is 19.8 Å². The van der Waals surface area contributed by atoms with E-state index in [1.165, 1.54) is 4.31 Å². The van der Waals surface area contributed by atoms with Crippen LogP contribution in [-0.2, 0) is 14.8 Å². The molecule has 0 saturated carbocycles. The van der Waals surface area contributed by atoms with Crippen molar-refractivity contribution in [2.75, 3.05) is 33.3 Å². The molecule has 0 atom stereocenters. The molecule has 0 N–H and O–H groups in total. The Balaban J connectivity index is 1.35. The quantitative estimate of drug-likeness (QED) is 0.513. The number of likely N-dealkylation sites (N-methyl/N-ethyl adjacent to an activating group) is 1. The Morgan fingerprint density at radius 1 is 1.12 bits per heavy atom. The molecule has 2 heterocycles. The highest BCUT2D eigenvalue weighted by Crippen LogP contribution is 2.29. The number of piperidine rings is 1. The SMILES string of the molecule is Cc1cnc2c(S(=O)(=O)N3CCC(C(=O)N(C)CCOc4ccccc4C)CC3)cccc2c1. The van der Waals surface area contributed by atoms with Crippen LogP contribution in [0.25, 0.3) is 10.9 Å². The molecule has 1 aliphatic rings. The van der Waals surface area contributed by atoms with Gasteiger partial charge in [0.2, 0.25) is 15.9 Å². The van der Waals surface area contributed by atoms with Crippen molar-refractivity contribution in [3.63, 3.8) is 0 Å². The highest BCUT2D eigenvalue weighted by molar-refractivity contribution is 7.89. The minimum atomic E-state index is -3.69. The van der Waals surface area contributed by atoms with E-state index < -0.39 is 10.0 Å². The number of carbonyl (C=O) groups is 1. The lowest BCUT2D eigenvalue weighted by Crippen LogP contribution is -2.44. The maximum absolute atomic E-state index is 13.4. The van der Waals surface area contributed by atoms with E-state index in [1.54, 1.807) is 30.3 Å². The number of benzene rings is 2. The number of aryl methyl sites for hydroxylation is 2. The summed E-state index contributed by atoms with van der Waals surface area (Å²) < 4.78 is 34.0. The Hall–Kier alpha value is -2.97. The third-order valence-corrected chi connectivity index (χ3v) is 8.32. The maximum Gasteiger partial charge on any atom is 0.245 e. The van der Waals surface area contributed by atoms with Gasteiger partial charge >= 0.3 is 0 Å². The molecule has 34 heavy (non-hydrogen) atoms. The fourth-order valence-corrected chi connectivity index (χ4v) is 6.00. The van der Waals surface area contributed by atoms with Crippen molar-refractivity contribution < 1.29 is 17.9 Å². The molecule has 180 valence electrons. The highest BCUT2D eigenvalue weighted by atomic mass is 32.2. The van der Waals surface area contributed by atoms with Gasteiger partial charge in [-0.2, -0.15) is 4.31 Å². The van der Waals surface area contributed by atoms with E-state index in [4.69, 9.17) is 4.74 Å². The first-order chi connectivity index (χ1) is 16.3. The van der Waals surface area contributed by atoms with Gasteiger partial charge in [-0.15, -0.1) is 0 Å². The van der Waals surface area contributed by atoms with E-state index >= 15 is 0 Å². The summed E-state index contributed by atoms with van der Waals surface area (Å²) in [4.78, 5) is 19.2. The van der Waals surface area contributed by atoms with E-state index in [9.17, 15) is 13.2 Å². The smallest absolute Gasteiger partial charge is 0.245 e. The first kappa shape index (κ1) is 24.2. The normalized spacial score (nSPS) is 15.4. The summed E-state index contributed by atoms with van der Waals surface area (Å²) in [6.45, 7) is 5.44. The fourth-order valence-electron chi connectivity index (χ4n) is 4.37.